The van der Waals surface area contributed by atoms with Crippen molar-refractivity contribution in [3.8, 4) is 0 Å². The Morgan fingerprint density at radius 1 is 1.29 bits per heavy atom. The van der Waals surface area contributed by atoms with Crippen molar-refractivity contribution < 1.29 is 14.0 Å². The number of hydrogen-bond acceptors (Lipinski definition) is 4. The summed E-state index contributed by atoms with van der Waals surface area (Å²) in [6.45, 7) is 0.247. The Balaban J connectivity index is 1.80. The molecule has 0 aromatic carbocycles. The second-order valence-electron chi connectivity index (χ2n) is 3.19. The second-order valence-corrected chi connectivity index (χ2v) is 4.14. The van der Waals surface area contributed by atoms with Crippen LogP contribution in [0.2, 0.25) is 0 Å². The maximum Gasteiger partial charge on any atom is 0.322 e. The first-order chi connectivity index (χ1) is 8.25. The van der Waals surface area contributed by atoms with Gasteiger partial charge in [-0.15, -0.1) is 11.3 Å². The summed E-state index contributed by atoms with van der Waals surface area (Å²) in [5.41, 5.74) is 0. The molecule has 2 heterocycles. The van der Waals surface area contributed by atoms with Crippen molar-refractivity contribution in [1.82, 2.24) is 10.6 Å². The van der Waals surface area contributed by atoms with Crippen LogP contribution >= 0.6 is 11.3 Å². The quantitative estimate of drug-likeness (QED) is 0.875. The van der Waals surface area contributed by atoms with Gasteiger partial charge in [0.25, 0.3) is 5.91 Å². The highest BCUT2D eigenvalue weighted by Crippen LogP contribution is 2.07. The van der Waals surface area contributed by atoms with Gasteiger partial charge in [-0.1, -0.05) is 6.07 Å². The van der Waals surface area contributed by atoms with Crippen LogP contribution in [0.25, 0.3) is 0 Å². The van der Waals surface area contributed by atoms with Crippen LogP contribution < -0.4 is 10.6 Å². The number of furan rings is 1. The molecule has 3 amide bonds. The number of carbonyl (C=O) groups is 2. The Morgan fingerprint density at radius 3 is 2.82 bits per heavy atom. The number of rotatable bonds is 3. The molecule has 6 heteroatoms. The van der Waals surface area contributed by atoms with Gasteiger partial charge >= 0.3 is 6.03 Å². The largest absolute Gasteiger partial charge is 0.467 e. The summed E-state index contributed by atoms with van der Waals surface area (Å²) >= 11 is 1.28. The molecule has 0 atom stereocenters. The molecule has 88 valence electrons. The molecule has 2 N–H and O–H groups in total. The lowest BCUT2D eigenvalue weighted by molar-refractivity contribution is 0.0967. The van der Waals surface area contributed by atoms with Gasteiger partial charge in [-0.2, -0.15) is 0 Å². The number of carbonyl (C=O) groups excluding carboxylic acids is 2. The van der Waals surface area contributed by atoms with Crippen molar-refractivity contribution in [2.45, 2.75) is 6.54 Å². The number of amides is 3. The number of hydrogen-bond donors (Lipinski definition) is 2. The first-order valence-electron chi connectivity index (χ1n) is 4.91. The van der Waals surface area contributed by atoms with Crippen LogP contribution in [-0.2, 0) is 6.54 Å². The molecular formula is C11H10N2O3S. The van der Waals surface area contributed by atoms with Crippen LogP contribution in [0.1, 0.15) is 15.4 Å². The molecule has 0 spiro atoms. The summed E-state index contributed by atoms with van der Waals surface area (Å²) in [4.78, 5) is 23.4. The molecule has 17 heavy (non-hydrogen) atoms. The summed E-state index contributed by atoms with van der Waals surface area (Å²) in [5.74, 6) is 0.223. The zero-order valence-electron chi connectivity index (χ0n) is 8.80. The minimum absolute atomic E-state index is 0.247. The van der Waals surface area contributed by atoms with Crippen LogP contribution in [0.5, 0.6) is 0 Å². The smallest absolute Gasteiger partial charge is 0.322 e. The third-order valence-corrected chi connectivity index (χ3v) is 2.84. The Bertz CT molecular complexity index is 491. The summed E-state index contributed by atoms with van der Waals surface area (Å²) in [7, 11) is 0. The van der Waals surface area contributed by atoms with Gasteiger partial charge in [-0.25, -0.2) is 4.79 Å². The number of imide groups is 1. The van der Waals surface area contributed by atoms with Crippen molar-refractivity contribution in [2.75, 3.05) is 0 Å². The standard InChI is InChI=1S/C11H10N2O3S/c14-10(9-4-2-6-17-9)13-11(15)12-7-8-3-1-5-16-8/h1-6H,7H2,(H2,12,13,14,15). The molecule has 0 unspecified atom stereocenters. The van der Waals surface area contributed by atoms with Crippen molar-refractivity contribution in [3.63, 3.8) is 0 Å². The van der Waals surface area contributed by atoms with E-state index in [1.807, 2.05) is 0 Å². The number of urea groups is 1. The normalized spacial score (nSPS) is 9.88. The second kappa shape index (κ2) is 5.31. The predicted octanol–water partition coefficient (Wildman–Crippen LogP) is 1.98. The topological polar surface area (TPSA) is 71.3 Å². The number of nitrogens with one attached hydrogen (secondary N) is 2. The summed E-state index contributed by atoms with van der Waals surface area (Å²) in [5, 5.41) is 6.52. The lowest BCUT2D eigenvalue weighted by atomic mass is 10.4. The third kappa shape index (κ3) is 3.18. The fourth-order valence-electron chi connectivity index (χ4n) is 1.20. The Hall–Kier alpha value is -2.08. The molecule has 2 aromatic rings. The van der Waals surface area contributed by atoms with Gasteiger partial charge < -0.3 is 9.73 Å². The fourth-order valence-corrected chi connectivity index (χ4v) is 1.82. The van der Waals surface area contributed by atoms with E-state index >= 15 is 0 Å². The van der Waals surface area contributed by atoms with Gasteiger partial charge in [-0.3, -0.25) is 10.1 Å². The third-order valence-electron chi connectivity index (χ3n) is 1.98. The molecule has 2 aromatic heterocycles. The van der Waals surface area contributed by atoms with E-state index in [0.29, 0.717) is 10.6 Å². The summed E-state index contributed by atoms with van der Waals surface area (Å²) in [6.07, 6.45) is 1.52. The van der Waals surface area contributed by atoms with E-state index in [9.17, 15) is 9.59 Å². The Kier molecular flexibility index (Phi) is 3.56. The van der Waals surface area contributed by atoms with Crippen molar-refractivity contribution in [1.29, 1.82) is 0 Å². The number of thiophene rings is 1. The van der Waals surface area contributed by atoms with E-state index in [4.69, 9.17) is 4.42 Å². The zero-order chi connectivity index (χ0) is 12.1. The van der Waals surface area contributed by atoms with Gasteiger partial charge in [0.1, 0.15) is 5.76 Å². The van der Waals surface area contributed by atoms with E-state index in [1.54, 1.807) is 29.6 Å². The molecule has 0 saturated heterocycles. The fraction of sp³-hybridized carbons (Fsp3) is 0.0909. The average molecular weight is 250 g/mol. The zero-order valence-corrected chi connectivity index (χ0v) is 9.62. The molecule has 0 radical (unpaired) electrons. The van der Waals surface area contributed by atoms with Crippen LogP contribution in [0.3, 0.4) is 0 Å². The summed E-state index contributed by atoms with van der Waals surface area (Å²) in [6, 6.07) is 6.33. The summed E-state index contributed by atoms with van der Waals surface area (Å²) < 4.78 is 5.04. The molecule has 2 rings (SSSR count). The van der Waals surface area contributed by atoms with Gasteiger partial charge in [0.15, 0.2) is 0 Å². The highest BCUT2D eigenvalue weighted by Gasteiger charge is 2.10. The Morgan fingerprint density at radius 2 is 2.18 bits per heavy atom. The van der Waals surface area contributed by atoms with Gasteiger partial charge in [-0.05, 0) is 23.6 Å². The van der Waals surface area contributed by atoms with Crippen molar-refractivity contribution >= 4 is 23.3 Å². The van der Waals surface area contributed by atoms with Gasteiger partial charge in [0.05, 0.1) is 17.7 Å². The molecule has 0 bridgehead atoms. The molecule has 0 fully saturated rings. The van der Waals surface area contributed by atoms with Gasteiger partial charge in [0.2, 0.25) is 0 Å². The molecule has 5 nitrogen and oxygen atoms in total. The Labute approximate surface area is 101 Å². The molecular weight excluding hydrogens is 240 g/mol. The highest BCUT2D eigenvalue weighted by atomic mass is 32.1. The van der Waals surface area contributed by atoms with Crippen LogP contribution in [0.15, 0.2) is 40.3 Å². The SMILES string of the molecule is O=C(NCc1ccco1)NC(=O)c1cccs1. The first-order valence-corrected chi connectivity index (χ1v) is 5.79. The van der Waals surface area contributed by atoms with E-state index < -0.39 is 11.9 Å². The van der Waals surface area contributed by atoms with E-state index in [2.05, 4.69) is 10.6 Å². The maximum absolute atomic E-state index is 11.5. The molecule has 0 aliphatic carbocycles. The lowest BCUT2D eigenvalue weighted by Gasteiger charge is -2.03. The van der Waals surface area contributed by atoms with E-state index in [-0.39, 0.29) is 6.54 Å². The van der Waals surface area contributed by atoms with E-state index in [1.165, 1.54) is 17.6 Å². The van der Waals surface area contributed by atoms with Crippen molar-refractivity contribution in [3.05, 3.63) is 46.5 Å². The van der Waals surface area contributed by atoms with Crippen molar-refractivity contribution in [2.24, 2.45) is 0 Å². The maximum atomic E-state index is 11.5. The molecule has 0 saturated carbocycles. The lowest BCUT2D eigenvalue weighted by Crippen LogP contribution is -2.38. The average Bonchev–Trinajstić information content (AvgIpc) is 2.99. The minimum atomic E-state index is -0.542. The van der Waals surface area contributed by atoms with Crippen LogP contribution in [0, 0.1) is 0 Å². The highest BCUT2D eigenvalue weighted by molar-refractivity contribution is 7.12. The predicted molar refractivity (Wildman–Crippen MR) is 62.7 cm³/mol. The minimum Gasteiger partial charge on any atom is -0.467 e. The molecule has 0 aliphatic rings. The van der Waals surface area contributed by atoms with Crippen LogP contribution in [0.4, 0.5) is 4.79 Å². The first kappa shape index (κ1) is 11.4. The van der Waals surface area contributed by atoms with Crippen LogP contribution in [-0.4, -0.2) is 11.9 Å². The molecule has 0 aliphatic heterocycles. The monoisotopic (exact) mass is 250 g/mol. The van der Waals surface area contributed by atoms with E-state index in [0.717, 1.165) is 0 Å². The van der Waals surface area contributed by atoms with Gasteiger partial charge in [0, 0.05) is 0 Å².